The standard InChI is InChI=1S/C11H15NO/c1-11(2,3)10-6-4-5-9(7-10)8-12-13/h4-8,13H,1-3H3. The molecule has 13 heavy (non-hydrogen) atoms. The van der Waals surface area contributed by atoms with Gasteiger partial charge in [0.05, 0.1) is 6.21 Å². The van der Waals surface area contributed by atoms with Crippen molar-refractivity contribution in [2.24, 2.45) is 5.16 Å². The zero-order valence-electron chi connectivity index (χ0n) is 8.28. The summed E-state index contributed by atoms with van der Waals surface area (Å²) >= 11 is 0. The molecule has 2 nitrogen and oxygen atoms in total. The first-order chi connectivity index (χ1) is 6.04. The second kappa shape index (κ2) is 3.60. The van der Waals surface area contributed by atoms with Crippen molar-refractivity contribution in [3.8, 4) is 0 Å². The van der Waals surface area contributed by atoms with Crippen molar-refractivity contribution in [2.45, 2.75) is 26.2 Å². The topological polar surface area (TPSA) is 32.6 Å². The first kappa shape index (κ1) is 9.78. The lowest BCUT2D eigenvalue weighted by Gasteiger charge is -2.18. The molecule has 0 spiro atoms. The van der Waals surface area contributed by atoms with Crippen molar-refractivity contribution >= 4 is 6.21 Å². The monoisotopic (exact) mass is 177 g/mol. The van der Waals surface area contributed by atoms with E-state index in [2.05, 4.69) is 32.0 Å². The van der Waals surface area contributed by atoms with Crippen molar-refractivity contribution in [2.75, 3.05) is 0 Å². The van der Waals surface area contributed by atoms with E-state index in [0.29, 0.717) is 0 Å². The highest BCUT2D eigenvalue weighted by Gasteiger charge is 2.12. The first-order valence-electron chi connectivity index (χ1n) is 4.32. The summed E-state index contributed by atoms with van der Waals surface area (Å²) < 4.78 is 0. The molecule has 0 bridgehead atoms. The fourth-order valence-corrected chi connectivity index (χ4v) is 1.15. The van der Waals surface area contributed by atoms with E-state index in [0.717, 1.165) is 5.56 Å². The maximum atomic E-state index is 8.38. The molecule has 0 atom stereocenters. The fraction of sp³-hybridized carbons (Fsp3) is 0.364. The largest absolute Gasteiger partial charge is 0.411 e. The Labute approximate surface area is 78.9 Å². The average molecular weight is 177 g/mol. The second-order valence-electron chi connectivity index (χ2n) is 4.12. The van der Waals surface area contributed by atoms with Crippen LogP contribution in [-0.4, -0.2) is 11.4 Å². The molecule has 1 aromatic carbocycles. The third-order valence-electron chi connectivity index (χ3n) is 1.96. The minimum atomic E-state index is 0.138. The molecule has 0 saturated heterocycles. The van der Waals surface area contributed by atoms with Crippen molar-refractivity contribution in [3.63, 3.8) is 0 Å². The van der Waals surface area contributed by atoms with Crippen LogP contribution >= 0.6 is 0 Å². The van der Waals surface area contributed by atoms with E-state index in [1.54, 1.807) is 0 Å². The zero-order chi connectivity index (χ0) is 9.90. The molecule has 0 amide bonds. The second-order valence-corrected chi connectivity index (χ2v) is 4.12. The lowest BCUT2D eigenvalue weighted by Crippen LogP contribution is -2.11. The number of rotatable bonds is 1. The van der Waals surface area contributed by atoms with Crippen LogP contribution in [0.4, 0.5) is 0 Å². The van der Waals surface area contributed by atoms with Crippen LogP contribution in [0.15, 0.2) is 29.4 Å². The highest BCUT2D eigenvalue weighted by Crippen LogP contribution is 2.22. The average Bonchev–Trinajstić information content (AvgIpc) is 2.04. The summed E-state index contributed by atoms with van der Waals surface area (Å²) in [5.74, 6) is 0. The number of hydrogen-bond acceptors (Lipinski definition) is 2. The van der Waals surface area contributed by atoms with E-state index in [9.17, 15) is 0 Å². The Hall–Kier alpha value is -1.31. The van der Waals surface area contributed by atoms with Gasteiger partial charge in [-0.25, -0.2) is 0 Å². The van der Waals surface area contributed by atoms with Gasteiger partial charge in [-0.1, -0.05) is 44.1 Å². The van der Waals surface area contributed by atoms with Crippen molar-refractivity contribution in [3.05, 3.63) is 35.4 Å². The van der Waals surface area contributed by atoms with Gasteiger partial charge >= 0.3 is 0 Å². The summed E-state index contributed by atoms with van der Waals surface area (Å²) in [4.78, 5) is 0. The zero-order valence-corrected chi connectivity index (χ0v) is 8.28. The number of oxime groups is 1. The number of nitrogens with zero attached hydrogens (tertiary/aromatic N) is 1. The van der Waals surface area contributed by atoms with Crippen molar-refractivity contribution < 1.29 is 5.21 Å². The van der Waals surface area contributed by atoms with Gasteiger partial charge in [0, 0.05) is 0 Å². The number of hydrogen-bond donors (Lipinski definition) is 1. The summed E-state index contributed by atoms with van der Waals surface area (Å²) in [7, 11) is 0. The molecule has 0 aliphatic rings. The van der Waals surface area contributed by atoms with Crippen LogP contribution in [0.1, 0.15) is 31.9 Å². The molecular weight excluding hydrogens is 162 g/mol. The Bertz CT molecular complexity index is 310. The molecular formula is C11H15NO. The molecule has 0 aromatic heterocycles. The van der Waals surface area contributed by atoms with Gasteiger partial charge in [0.1, 0.15) is 0 Å². The molecule has 0 fully saturated rings. The Morgan fingerprint density at radius 2 is 2.00 bits per heavy atom. The van der Waals surface area contributed by atoms with Gasteiger partial charge in [-0.2, -0.15) is 0 Å². The maximum Gasteiger partial charge on any atom is 0.0733 e. The highest BCUT2D eigenvalue weighted by molar-refractivity contribution is 5.79. The molecule has 0 unspecified atom stereocenters. The van der Waals surface area contributed by atoms with Crippen LogP contribution < -0.4 is 0 Å². The summed E-state index contributed by atoms with van der Waals surface area (Å²) in [6, 6.07) is 7.99. The van der Waals surface area contributed by atoms with Crippen LogP contribution in [0.3, 0.4) is 0 Å². The minimum absolute atomic E-state index is 0.138. The van der Waals surface area contributed by atoms with Crippen LogP contribution in [0.25, 0.3) is 0 Å². The Morgan fingerprint density at radius 1 is 1.31 bits per heavy atom. The van der Waals surface area contributed by atoms with E-state index in [4.69, 9.17) is 5.21 Å². The lowest BCUT2D eigenvalue weighted by molar-refractivity contribution is 0.322. The Kier molecular flexibility index (Phi) is 2.71. The highest BCUT2D eigenvalue weighted by atomic mass is 16.4. The van der Waals surface area contributed by atoms with Crippen LogP contribution in [0.5, 0.6) is 0 Å². The van der Waals surface area contributed by atoms with Gasteiger partial charge in [0.2, 0.25) is 0 Å². The third kappa shape index (κ3) is 2.58. The van der Waals surface area contributed by atoms with E-state index < -0.39 is 0 Å². The van der Waals surface area contributed by atoms with E-state index in [1.165, 1.54) is 11.8 Å². The minimum Gasteiger partial charge on any atom is -0.411 e. The van der Waals surface area contributed by atoms with Crippen LogP contribution in [0.2, 0.25) is 0 Å². The lowest BCUT2D eigenvalue weighted by atomic mass is 9.86. The Morgan fingerprint density at radius 3 is 2.54 bits per heavy atom. The molecule has 70 valence electrons. The number of benzene rings is 1. The molecule has 0 aliphatic carbocycles. The fourth-order valence-electron chi connectivity index (χ4n) is 1.15. The molecule has 1 rings (SSSR count). The van der Waals surface area contributed by atoms with E-state index >= 15 is 0 Å². The molecule has 2 heteroatoms. The van der Waals surface area contributed by atoms with Crippen LogP contribution in [-0.2, 0) is 5.41 Å². The molecule has 0 radical (unpaired) electrons. The predicted octanol–water partition coefficient (Wildman–Crippen LogP) is 2.79. The molecule has 1 aromatic rings. The summed E-state index contributed by atoms with van der Waals surface area (Å²) in [6.45, 7) is 6.46. The molecule has 0 saturated carbocycles. The van der Waals surface area contributed by atoms with Crippen molar-refractivity contribution in [1.82, 2.24) is 0 Å². The molecule has 1 N–H and O–H groups in total. The third-order valence-corrected chi connectivity index (χ3v) is 1.96. The van der Waals surface area contributed by atoms with Gasteiger partial charge < -0.3 is 5.21 Å². The van der Waals surface area contributed by atoms with Gasteiger partial charge in [0.25, 0.3) is 0 Å². The smallest absolute Gasteiger partial charge is 0.0733 e. The summed E-state index contributed by atoms with van der Waals surface area (Å²) in [5.41, 5.74) is 2.30. The van der Waals surface area contributed by atoms with Gasteiger partial charge in [-0.05, 0) is 22.6 Å². The first-order valence-corrected chi connectivity index (χ1v) is 4.32. The van der Waals surface area contributed by atoms with Crippen LogP contribution in [0, 0.1) is 0 Å². The van der Waals surface area contributed by atoms with E-state index in [-0.39, 0.29) is 5.41 Å². The van der Waals surface area contributed by atoms with E-state index in [1.807, 2.05) is 18.2 Å². The molecule has 0 aliphatic heterocycles. The Balaban J connectivity index is 3.05. The molecule has 0 heterocycles. The maximum absolute atomic E-state index is 8.38. The normalized spacial score (nSPS) is 12.2. The predicted molar refractivity (Wildman–Crippen MR) is 54.5 cm³/mol. The summed E-state index contributed by atoms with van der Waals surface area (Å²) in [6.07, 6.45) is 1.44. The van der Waals surface area contributed by atoms with Gasteiger partial charge in [-0.15, -0.1) is 0 Å². The summed E-state index contributed by atoms with van der Waals surface area (Å²) in [5, 5.41) is 11.4. The SMILES string of the molecule is CC(C)(C)c1cccc(C=NO)c1. The quantitative estimate of drug-likeness (QED) is 0.399. The van der Waals surface area contributed by atoms with Crippen molar-refractivity contribution in [1.29, 1.82) is 0 Å². The van der Waals surface area contributed by atoms with Gasteiger partial charge in [-0.3, -0.25) is 0 Å². The van der Waals surface area contributed by atoms with Gasteiger partial charge in [0.15, 0.2) is 0 Å².